The van der Waals surface area contributed by atoms with E-state index in [2.05, 4.69) is 131 Å². The maximum Gasteiger partial charge on any atom is 0.139 e. The third-order valence-electron chi connectivity index (χ3n) is 12.6. The summed E-state index contributed by atoms with van der Waals surface area (Å²) in [5.41, 5.74) is 3.84. The number of rotatable bonds is 8. The Morgan fingerprint density at radius 3 is 1.14 bits per heavy atom. The number of likely N-dealkylation sites (tertiary alicyclic amines) is 2. The zero-order valence-electron chi connectivity index (χ0n) is 25.3. The van der Waals surface area contributed by atoms with Crippen LogP contribution < -0.4 is 0 Å². The van der Waals surface area contributed by atoms with Gasteiger partial charge in [0.15, 0.2) is 0 Å². The Morgan fingerprint density at radius 1 is 0.500 bits per heavy atom. The molecule has 3 aliphatic carbocycles. The molecule has 0 amide bonds. The third kappa shape index (κ3) is 3.01. The number of piperidine rings is 2. The van der Waals surface area contributed by atoms with E-state index in [1.54, 1.807) is 0 Å². The first-order chi connectivity index (χ1) is 21.5. The molecule has 220 valence electrons. The summed E-state index contributed by atoms with van der Waals surface area (Å²) in [7, 11) is 0. The van der Waals surface area contributed by atoms with E-state index in [-0.39, 0.29) is 47.8 Å². The van der Waals surface area contributed by atoms with Gasteiger partial charge in [0.1, 0.15) is 11.6 Å². The number of benzene rings is 4. The summed E-state index contributed by atoms with van der Waals surface area (Å²) >= 11 is 0. The Balaban J connectivity index is 1.35. The first-order valence-corrected chi connectivity index (χ1v) is 16.2. The summed E-state index contributed by atoms with van der Waals surface area (Å²) in [5.74, 6) is 1.14. The van der Waals surface area contributed by atoms with Crippen LogP contribution in [0.1, 0.15) is 47.9 Å². The van der Waals surface area contributed by atoms with Crippen LogP contribution in [0.25, 0.3) is 0 Å². The molecule has 4 nitrogen and oxygen atoms in total. The number of carbonyl (C=O) groups is 2. The van der Waals surface area contributed by atoms with E-state index in [1.165, 1.54) is 22.3 Å². The molecule has 2 aliphatic heterocycles. The molecule has 3 saturated carbocycles. The summed E-state index contributed by atoms with van der Waals surface area (Å²) in [6.45, 7) is 5.25. The zero-order valence-corrected chi connectivity index (χ0v) is 25.3. The molecule has 9 rings (SSSR count). The lowest BCUT2D eigenvalue weighted by atomic mass is 9.61. The predicted molar refractivity (Wildman–Crippen MR) is 171 cm³/mol. The van der Waals surface area contributed by atoms with Crippen molar-refractivity contribution in [3.63, 3.8) is 0 Å². The van der Waals surface area contributed by atoms with E-state index in [1.807, 2.05) is 13.8 Å². The second kappa shape index (κ2) is 9.32. The molecule has 10 atom stereocenters. The molecule has 5 fully saturated rings. The van der Waals surface area contributed by atoms with Crippen LogP contribution in [0.4, 0.5) is 0 Å². The number of Topliss-reactive ketones (excluding diaryl/α,β-unsaturated/α-hetero) is 2. The van der Waals surface area contributed by atoms with E-state index >= 15 is 0 Å². The lowest BCUT2D eigenvalue weighted by Crippen LogP contribution is -2.62. The average Bonchev–Trinajstić information content (AvgIpc) is 3.63. The van der Waals surface area contributed by atoms with Crippen molar-refractivity contribution in [3.05, 3.63) is 144 Å². The number of hydrogen-bond donors (Lipinski definition) is 0. The molecule has 2 saturated heterocycles. The Labute approximate surface area is 259 Å². The molecule has 44 heavy (non-hydrogen) atoms. The largest absolute Gasteiger partial charge is 0.299 e. The minimum Gasteiger partial charge on any atom is -0.299 e. The summed E-state index contributed by atoms with van der Waals surface area (Å²) in [4.78, 5) is 34.8. The van der Waals surface area contributed by atoms with Gasteiger partial charge in [0, 0.05) is 49.1 Å². The highest BCUT2D eigenvalue weighted by molar-refractivity contribution is 5.94. The topological polar surface area (TPSA) is 40.6 Å². The fraction of sp³-hybridized carbons (Fsp3) is 0.350. The predicted octanol–water partition coefficient (Wildman–Crippen LogP) is 6.48. The molecule has 0 spiro atoms. The van der Waals surface area contributed by atoms with Crippen molar-refractivity contribution in [2.45, 2.75) is 62.9 Å². The monoisotopic (exact) mass is 578 g/mol. The van der Waals surface area contributed by atoms with Crippen molar-refractivity contribution in [1.29, 1.82) is 0 Å². The normalized spacial score (nSPS) is 37.7. The van der Waals surface area contributed by atoms with E-state index in [0.717, 1.165) is 13.1 Å². The number of ketones is 2. The van der Waals surface area contributed by atoms with Gasteiger partial charge in [-0.05, 0) is 47.9 Å². The van der Waals surface area contributed by atoms with Gasteiger partial charge in [-0.1, -0.05) is 121 Å². The van der Waals surface area contributed by atoms with Crippen molar-refractivity contribution in [1.82, 2.24) is 9.80 Å². The first kappa shape index (κ1) is 26.5. The van der Waals surface area contributed by atoms with Crippen LogP contribution in [0.5, 0.6) is 0 Å². The van der Waals surface area contributed by atoms with Crippen LogP contribution >= 0.6 is 0 Å². The van der Waals surface area contributed by atoms with Gasteiger partial charge in [-0.15, -0.1) is 0 Å². The third-order valence-corrected chi connectivity index (χ3v) is 12.6. The molecule has 0 N–H and O–H groups in total. The van der Waals surface area contributed by atoms with Crippen LogP contribution in [0.3, 0.4) is 0 Å². The van der Waals surface area contributed by atoms with E-state index in [4.69, 9.17) is 0 Å². The molecule has 4 aromatic rings. The smallest absolute Gasteiger partial charge is 0.139 e. The van der Waals surface area contributed by atoms with Gasteiger partial charge in [-0.2, -0.15) is 0 Å². The first-order valence-electron chi connectivity index (χ1n) is 16.2. The van der Waals surface area contributed by atoms with Crippen molar-refractivity contribution in [2.75, 3.05) is 0 Å². The van der Waals surface area contributed by atoms with Crippen LogP contribution in [0.2, 0.25) is 0 Å². The van der Waals surface area contributed by atoms with Gasteiger partial charge in [-0.3, -0.25) is 19.4 Å². The van der Waals surface area contributed by atoms with Crippen molar-refractivity contribution in [2.24, 2.45) is 22.7 Å². The van der Waals surface area contributed by atoms with E-state index in [9.17, 15) is 9.59 Å². The Morgan fingerprint density at radius 2 is 0.818 bits per heavy atom. The van der Waals surface area contributed by atoms with Gasteiger partial charge >= 0.3 is 0 Å². The summed E-state index contributed by atoms with van der Waals surface area (Å²) in [5, 5.41) is 0. The van der Waals surface area contributed by atoms with E-state index in [0.29, 0.717) is 11.6 Å². The zero-order chi connectivity index (χ0) is 29.8. The average molecular weight is 579 g/mol. The fourth-order valence-corrected chi connectivity index (χ4v) is 11.9. The lowest BCUT2D eigenvalue weighted by molar-refractivity contribution is -0.141. The maximum atomic E-state index is 14.7. The maximum absolute atomic E-state index is 14.7. The molecule has 4 heteroatoms. The van der Waals surface area contributed by atoms with Crippen molar-refractivity contribution >= 4 is 11.6 Å². The fourth-order valence-electron chi connectivity index (χ4n) is 11.9. The highest BCUT2D eigenvalue weighted by Crippen LogP contribution is 2.85. The van der Waals surface area contributed by atoms with Gasteiger partial charge in [0.2, 0.25) is 0 Å². The van der Waals surface area contributed by atoms with Crippen LogP contribution in [-0.2, 0) is 22.7 Å². The van der Waals surface area contributed by atoms with Crippen LogP contribution in [0.15, 0.2) is 121 Å². The number of hydrogen-bond acceptors (Lipinski definition) is 4. The van der Waals surface area contributed by atoms with Crippen molar-refractivity contribution < 1.29 is 9.59 Å². The molecule has 5 aliphatic rings. The molecule has 0 aromatic heterocycles. The minimum absolute atomic E-state index is 0.0389. The summed E-state index contributed by atoms with van der Waals surface area (Å²) < 4.78 is 0. The summed E-state index contributed by atoms with van der Waals surface area (Å²) in [6.07, 6.45) is 0. The van der Waals surface area contributed by atoms with Gasteiger partial charge in [-0.25, -0.2) is 0 Å². The Bertz CT molecular complexity index is 1610. The van der Waals surface area contributed by atoms with E-state index < -0.39 is 10.8 Å². The second-order valence-electron chi connectivity index (χ2n) is 14.0. The molecular formula is C40H38N2O2. The molecule has 4 aromatic carbocycles. The molecule has 8 bridgehead atoms. The van der Waals surface area contributed by atoms with Crippen LogP contribution in [-0.4, -0.2) is 45.5 Å². The minimum atomic E-state index is -0.595. The van der Waals surface area contributed by atoms with Crippen molar-refractivity contribution in [3.8, 4) is 0 Å². The summed E-state index contributed by atoms with van der Waals surface area (Å²) in [6, 6.07) is 43.1. The highest BCUT2D eigenvalue weighted by atomic mass is 16.1. The lowest BCUT2D eigenvalue weighted by Gasteiger charge is -2.53. The highest BCUT2D eigenvalue weighted by Gasteiger charge is 2.93. The molecule has 0 unspecified atom stereocenters. The van der Waals surface area contributed by atoms with Crippen LogP contribution in [0, 0.1) is 22.7 Å². The Hall–Kier alpha value is -3.86. The Kier molecular flexibility index (Phi) is 5.62. The second-order valence-corrected chi connectivity index (χ2v) is 14.0. The SMILES string of the molecule is CC(=O)[C@@]12[C@@H](c3ccccc3)[C@@H]3[C@H]4[C@H](c5ccccc5)[C@@]5(C(C)=O)[C@@H]3N(Cc3ccccc3)[C@@H]1[C@H]5N(Cc1ccccc1)[C@H]42. The van der Waals surface area contributed by atoms with Gasteiger partial charge < -0.3 is 0 Å². The molecule has 2 heterocycles. The quantitative estimate of drug-likeness (QED) is 0.240. The molecular weight excluding hydrogens is 540 g/mol. The molecule has 0 radical (unpaired) electrons. The number of carbonyl (C=O) groups excluding carboxylic acids is 2. The number of nitrogens with zero attached hydrogens (tertiary/aromatic N) is 2. The van der Waals surface area contributed by atoms with Gasteiger partial charge in [0.05, 0.1) is 10.8 Å². The van der Waals surface area contributed by atoms with Gasteiger partial charge in [0.25, 0.3) is 0 Å². The standard InChI is InChI=1S/C40H38N2O2/c1-25(43)39-33(29-19-11-5-12-20-29)31-32-34(30-21-13-6-14-22-30)40(26(2)44)36(31)42(24-28-17-9-4-10-18-28)37(39)38(40)41(35(32)39)23-27-15-7-3-8-16-27/h3-22,31-38H,23-24H2,1-2H3/t31-,32-,33-,34-,35+,36+,37+,38+,39-,40-/m0/s1.